The maximum Gasteiger partial charge on any atom is 0.294 e. The van der Waals surface area contributed by atoms with Gasteiger partial charge in [-0.2, -0.15) is 0 Å². The Kier molecular flexibility index (Phi) is 3.12. The van der Waals surface area contributed by atoms with Gasteiger partial charge in [-0.3, -0.25) is 4.79 Å². The van der Waals surface area contributed by atoms with E-state index < -0.39 is 5.91 Å². The van der Waals surface area contributed by atoms with Crippen LogP contribution < -0.4 is 5.32 Å². The summed E-state index contributed by atoms with van der Waals surface area (Å²) in [7, 11) is 0. The predicted molar refractivity (Wildman–Crippen MR) is 59.5 cm³/mol. The molecule has 1 heterocycles. The van der Waals surface area contributed by atoms with Gasteiger partial charge in [0.05, 0.1) is 0 Å². The third-order valence-electron chi connectivity index (χ3n) is 1.81. The lowest BCUT2D eigenvalue weighted by molar-refractivity contribution is -0.115. The van der Waals surface area contributed by atoms with Gasteiger partial charge in [-0.1, -0.05) is 17.7 Å². The zero-order valence-electron chi connectivity index (χ0n) is 8.14. The van der Waals surface area contributed by atoms with Crippen LogP contribution in [0.5, 0.6) is 0 Å². The first-order valence-electron chi connectivity index (χ1n) is 4.50. The second-order valence-corrected chi connectivity index (χ2v) is 3.41. The number of hydrogen-bond acceptors (Lipinski definition) is 3. The van der Waals surface area contributed by atoms with Crippen molar-refractivity contribution in [1.29, 1.82) is 0 Å². The average Bonchev–Trinajstić information content (AvgIpc) is 2.30. The molecule has 2 rings (SSSR count). The molecule has 0 fully saturated rings. The molecular weight excluding hydrogens is 230 g/mol. The molecule has 16 heavy (non-hydrogen) atoms. The van der Waals surface area contributed by atoms with E-state index in [0.29, 0.717) is 10.7 Å². The van der Waals surface area contributed by atoms with Crippen molar-refractivity contribution in [2.75, 3.05) is 5.32 Å². The second-order valence-electron chi connectivity index (χ2n) is 2.97. The van der Waals surface area contributed by atoms with E-state index in [-0.39, 0.29) is 5.76 Å². The van der Waals surface area contributed by atoms with Gasteiger partial charge >= 0.3 is 0 Å². The van der Waals surface area contributed by atoms with Crippen LogP contribution in [-0.2, 0) is 14.3 Å². The molecule has 0 radical (unpaired) electrons. The van der Waals surface area contributed by atoms with Crippen LogP contribution >= 0.6 is 11.6 Å². The highest BCUT2D eigenvalue weighted by molar-refractivity contribution is 6.30. The molecule has 0 bridgehead atoms. The summed E-state index contributed by atoms with van der Waals surface area (Å²) in [5.41, 5.74) is 0.594. The molecule has 1 aromatic carbocycles. The average molecular weight is 238 g/mol. The number of amides is 1. The lowest BCUT2D eigenvalue weighted by atomic mass is 10.3. The van der Waals surface area contributed by atoms with Crippen molar-refractivity contribution in [3.05, 3.63) is 53.8 Å². The molecule has 1 aliphatic rings. The van der Waals surface area contributed by atoms with Gasteiger partial charge in [0.25, 0.3) is 5.91 Å². The summed E-state index contributed by atoms with van der Waals surface area (Å²) in [6, 6.07) is 6.83. The number of anilines is 1. The molecule has 0 saturated carbocycles. The van der Waals surface area contributed by atoms with Crippen LogP contribution in [0, 0.1) is 0 Å². The molecule has 0 saturated heterocycles. The molecule has 82 valence electrons. The first-order valence-corrected chi connectivity index (χ1v) is 4.88. The van der Waals surface area contributed by atoms with Gasteiger partial charge < -0.3 is 14.8 Å². The number of carbonyl (C=O) groups excluding carboxylic acids is 1. The van der Waals surface area contributed by atoms with Gasteiger partial charge in [0, 0.05) is 10.7 Å². The van der Waals surface area contributed by atoms with Crippen LogP contribution in [0.15, 0.2) is 48.8 Å². The van der Waals surface area contributed by atoms with Gasteiger partial charge in [0.1, 0.15) is 18.8 Å². The molecule has 0 unspecified atom stereocenters. The van der Waals surface area contributed by atoms with Crippen molar-refractivity contribution in [1.82, 2.24) is 0 Å². The molecule has 1 amide bonds. The van der Waals surface area contributed by atoms with Gasteiger partial charge in [0.15, 0.2) is 0 Å². The first kappa shape index (κ1) is 10.6. The number of halogens is 1. The Labute approximate surface area is 97.1 Å². The molecule has 0 spiro atoms. The molecule has 1 aromatic rings. The summed E-state index contributed by atoms with van der Waals surface area (Å²) in [4.78, 5) is 11.6. The number of benzene rings is 1. The minimum absolute atomic E-state index is 0.0856. The first-order chi connectivity index (χ1) is 7.75. The van der Waals surface area contributed by atoms with E-state index in [2.05, 4.69) is 5.32 Å². The summed E-state index contributed by atoms with van der Waals surface area (Å²) in [6.45, 7) is 0. The summed E-state index contributed by atoms with van der Waals surface area (Å²) in [5.74, 6) is -0.311. The van der Waals surface area contributed by atoms with Crippen molar-refractivity contribution in [2.24, 2.45) is 0 Å². The van der Waals surface area contributed by atoms with Crippen LogP contribution in [-0.4, -0.2) is 5.91 Å². The fraction of sp³-hybridized carbons (Fsp3) is 0. The normalized spacial score (nSPS) is 13.4. The number of ether oxygens (including phenoxy) is 2. The molecule has 0 aromatic heterocycles. The van der Waals surface area contributed by atoms with Crippen LogP contribution in [0.1, 0.15) is 0 Å². The maximum atomic E-state index is 11.6. The van der Waals surface area contributed by atoms with E-state index in [1.54, 1.807) is 24.3 Å². The van der Waals surface area contributed by atoms with Crippen molar-refractivity contribution in [3.63, 3.8) is 0 Å². The number of carbonyl (C=O) groups is 1. The Morgan fingerprint density at radius 1 is 1.31 bits per heavy atom. The van der Waals surface area contributed by atoms with E-state index in [1.165, 1.54) is 18.8 Å². The summed E-state index contributed by atoms with van der Waals surface area (Å²) >= 11 is 5.78. The highest BCUT2D eigenvalue weighted by atomic mass is 35.5. The third kappa shape index (κ3) is 2.55. The molecule has 4 nitrogen and oxygen atoms in total. The largest absolute Gasteiger partial charge is 0.465 e. The third-order valence-corrected chi connectivity index (χ3v) is 2.05. The topological polar surface area (TPSA) is 47.6 Å². The van der Waals surface area contributed by atoms with E-state index in [4.69, 9.17) is 21.1 Å². The van der Waals surface area contributed by atoms with Crippen LogP contribution in [0.2, 0.25) is 5.02 Å². The molecule has 0 aliphatic carbocycles. The predicted octanol–water partition coefficient (Wildman–Crippen LogP) is 2.64. The molecule has 1 N–H and O–H groups in total. The van der Waals surface area contributed by atoms with Crippen molar-refractivity contribution < 1.29 is 14.3 Å². The lowest BCUT2D eigenvalue weighted by Gasteiger charge is -2.10. The zero-order valence-corrected chi connectivity index (χ0v) is 8.90. The molecule has 1 aliphatic heterocycles. The number of hydrogen-bond donors (Lipinski definition) is 1. The Morgan fingerprint density at radius 3 is 2.88 bits per heavy atom. The van der Waals surface area contributed by atoms with Crippen molar-refractivity contribution >= 4 is 23.2 Å². The minimum Gasteiger partial charge on any atom is -0.465 e. The number of rotatable bonds is 2. The van der Waals surface area contributed by atoms with Gasteiger partial charge in [-0.25, -0.2) is 0 Å². The Hall–Kier alpha value is -1.94. The van der Waals surface area contributed by atoms with E-state index in [0.717, 1.165) is 0 Å². The Bertz CT molecular complexity index is 468. The van der Waals surface area contributed by atoms with E-state index in [1.807, 2.05) is 0 Å². The van der Waals surface area contributed by atoms with Gasteiger partial charge in [-0.15, -0.1) is 0 Å². The van der Waals surface area contributed by atoms with Crippen LogP contribution in [0.25, 0.3) is 0 Å². The van der Waals surface area contributed by atoms with Crippen molar-refractivity contribution in [2.45, 2.75) is 0 Å². The maximum absolute atomic E-state index is 11.6. The smallest absolute Gasteiger partial charge is 0.294 e. The summed E-state index contributed by atoms with van der Waals surface area (Å²) in [5, 5.41) is 3.17. The zero-order chi connectivity index (χ0) is 11.4. The highest BCUT2D eigenvalue weighted by Crippen LogP contribution is 2.16. The van der Waals surface area contributed by atoms with E-state index >= 15 is 0 Å². The second kappa shape index (κ2) is 4.72. The molecule has 5 heteroatoms. The van der Waals surface area contributed by atoms with Crippen molar-refractivity contribution in [3.8, 4) is 0 Å². The fourth-order valence-electron chi connectivity index (χ4n) is 1.13. The highest BCUT2D eigenvalue weighted by Gasteiger charge is 2.13. The fourth-order valence-corrected chi connectivity index (χ4v) is 1.32. The summed E-state index contributed by atoms with van der Waals surface area (Å²) < 4.78 is 9.76. The Balaban J connectivity index is 2.05. The minimum atomic E-state index is -0.397. The van der Waals surface area contributed by atoms with Crippen LogP contribution in [0.3, 0.4) is 0 Å². The van der Waals surface area contributed by atoms with Gasteiger partial charge in [-0.05, 0) is 18.2 Å². The molecule has 0 atom stereocenters. The number of nitrogens with one attached hydrogen (secondary N) is 1. The Morgan fingerprint density at radius 2 is 2.19 bits per heavy atom. The van der Waals surface area contributed by atoms with Crippen LogP contribution in [0.4, 0.5) is 5.69 Å². The monoisotopic (exact) mass is 237 g/mol. The molecular formula is C11H8ClNO3. The van der Waals surface area contributed by atoms with Gasteiger partial charge in [0.2, 0.25) is 5.76 Å². The van der Waals surface area contributed by atoms with E-state index in [9.17, 15) is 4.79 Å². The standard InChI is InChI=1S/C11H8ClNO3/c12-8-2-1-3-9(6-8)13-11(14)10-7-15-4-5-16-10/h1-7H,(H,13,14). The SMILES string of the molecule is O=C(Nc1cccc(Cl)c1)C1=COC=CO1. The summed E-state index contributed by atoms with van der Waals surface area (Å²) in [6.07, 6.45) is 3.84. The quantitative estimate of drug-likeness (QED) is 0.860. The lowest BCUT2D eigenvalue weighted by Crippen LogP contribution is -2.16.